The van der Waals surface area contributed by atoms with Crippen molar-refractivity contribution in [3.05, 3.63) is 24.1 Å². The van der Waals surface area contributed by atoms with Gasteiger partial charge in [-0.3, -0.25) is 0 Å². The first-order chi connectivity index (χ1) is 8.31. The standard InChI is InChI=1S/C14H25N3O/c1-7-17(9-11(2)3)13-16-12(10-18-13)8-15-14(4,5)6/h10,15H,2,7-9H2,1,3-6H3. The normalized spacial score (nSPS) is 11.6. The topological polar surface area (TPSA) is 41.3 Å². The fourth-order valence-corrected chi connectivity index (χ4v) is 1.52. The highest BCUT2D eigenvalue weighted by atomic mass is 16.4. The highest BCUT2D eigenvalue weighted by Gasteiger charge is 2.13. The van der Waals surface area contributed by atoms with Crippen molar-refractivity contribution in [1.82, 2.24) is 10.3 Å². The lowest BCUT2D eigenvalue weighted by molar-refractivity contribution is 0.421. The SMILES string of the molecule is C=C(C)CN(CC)c1nc(CNC(C)(C)C)co1. The number of anilines is 1. The lowest BCUT2D eigenvalue weighted by Gasteiger charge is -2.19. The molecule has 102 valence electrons. The van der Waals surface area contributed by atoms with Crippen LogP contribution < -0.4 is 10.2 Å². The van der Waals surface area contributed by atoms with Crippen LogP contribution in [-0.2, 0) is 6.54 Å². The van der Waals surface area contributed by atoms with Gasteiger partial charge in [0.15, 0.2) is 0 Å². The molecule has 0 amide bonds. The van der Waals surface area contributed by atoms with Gasteiger partial charge in [-0.15, -0.1) is 0 Å². The first-order valence-electron chi connectivity index (χ1n) is 6.40. The van der Waals surface area contributed by atoms with Gasteiger partial charge in [-0.1, -0.05) is 12.2 Å². The molecule has 0 bridgehead atoms. The monoisotopic (exact) mass is 251 g/mol. The van der Waals surface area contributed by atoms with Crippen molar-refractivity contribution in [2.45, 2.75) is 46.7 Å². The van der Waals surface area contributed by atoms with Crippen LogP contribution in [0.25, 0.3) is 0 Å². The van der Waals surface area contributed by atoms with Crippen LogP contribution in [-0.4, -0.2) is 23.6 Å². The van der Waals surface area contributed by atoms with E-state index in [1.807, 2.05) is 6.92 Å². The van der Waals surface area contributed by atoms with Crippen LogP contribution in [0.5, 0.6) is 0 Å². The first-order valence-corrected chi connectivity index (χ1v) is 6.40. The van der Waals surface area contributed by atoms with Crippen molar-refractivity contribution in [2.24, 2.45) is 0 Å². The lowest BCUT2D eigenvalue weighted by Crippen LogP contribution is -2.35. The lowest BCUT2D eigenvalue weighted by atomic mass is 10.1. The summed E-state index contributed by atoms with van der Waals surface area (Å²) in [7, 11) is 0. The highest BCUT2D eigenvalue weighted by molar-refractivity contribution is 5.29. The summed E-state index contributed by atoms with van der Waals surface area (Å²) in [6.45, 7) is 16.8. The number of hydrogen-bond acceptors (Lipinski definition) is 4. The molecule has 1 heterocycles. The van der Waals surface area contributed by atoms with Crippen molar-refractivity contribution in [1.29, 1.82) is 0 Å². The molecule has 0 saturated carbocycles. The van der Waals surface area contributed by atoms with E-state index in [-0.39, 0.29) is 5.54 Å². The molecule has 4 nitrogen and oxygen atoms in total. The summed E-state index contributed by atoms with van der Waals surface area (Å²) in [6.07, 6.45) is 1.72. The zero-order chi connectivity index (χ0) is 13.8. The molecule has 1 N–H and O–H groups in total. The van der Waals surface area contributed by atoms with E-state index < -0.39 is 0 Å². The summed E-state index contributed by atoms with van der Waals surface area (Å²) in [6, 6.07) is 0.672. The van der Waals surface area contributed by atoms with E-state index in [1.54, 1.807) is 6.26 Å². The van der Waals surface area contributed by atoms with E-state index in [1.165, 1.54) is 0 Å². The molecule has 0 aliphatic heterocycles. The highest BCUT2D eigenvalue weighted by Crippen LogP contribution is 2.15. The minimum absolute atomic E-state index is 0.0846. The van der Waals surface area contributed by atoms with Gasteiger partial charge in [0.1, 0.15) is 6.26 Å². The molecular weight excluding hydrogens is 226 g/mol. The second-order valence-corrected chi connectivity index (χ2v) is 5.70. The van der Waals surface area contributed by atoms with Crippen LogP contribution in [0.3, 0.4) is 0 Å². The number of oxazole rings is 1. The van der Waals surface area contributed by atoms with Gasteiger partial charge in [0.25, 0.3) is 6.01 Å². The number of aromatic nitrogens is 1. The van der Waals surface area contributed by atoms with E-state index in [0.717, 1.165) is 30.9 Å². The second kappa shape index (κ2) is 6.05. The molecular formula is C14H25N3O. The van der Waals surface area contributed by atoms with Crippen molar-refractivity contribution < 1.29 is 4.42 Å². The Hall–Kier alpha value is -1.29. The zero-order valence-electron chi connectivity index (χ0n) is 12.2. The van der Waals surface area contributed by atoms with Crippen LogP contribution in [0.1, 0.15) is 40.3 Å². The summed E-state index contributed by atoms with van der Waals surface area (Å²) in [5.74, 6) is 0. The molecule has 0 radical (unpaired) electrons. The predicted molar refractivity (Wildman–Crippen MR) is 75.8 cm³/mol. The molecule has 0 aromatic carbocycles. The van der Waals surface area contributed by atoms with Crippen LogP contribution in [0, 0.1) is 0 Å². The molecule has 0 spiro atoms. The summed E-state index contributed by atoms with van der Waals surface area (Å²) < 4.78 is 5.52. The Bertz CT molecular complexity index is 390. The molecule has 1 aromatic rings. The van der Waals surface area contributed by atoms with Crippen LogP contribution in [0.2, 0.25) is 0 Å². The van der Waals surface area contributed by atoms with E-state index in [9.17, 15) is 0 Å². The molecule has 0 saturated heterocycles. The number of hydrogen-bond donors (Lipinski definition) is 1. The van der Waals surface area contributed by atoms with Crippen LogP contribution in [0.4, 0.5) is 6.01 Å². The number of nitrogens with zero attached hydrogens (tertiary/aromatic N) is 2. The van der Waals surface area contributed by atoms with Gasteiger partial charge in [0.2, 0.25) is 0 Å². The maximum absolute atomic E-state index is 5.52. The average molecular weight is 251 g/mol. The van der Waals surface area contributed by atoms with Crippen molar-refractivity contribution >= 4 is 6.01 Å². The van der Waals surface area contributed by atoms with E-state index in [0.29, 0.717) is 6.01 Å². The van der Waals surface area contributed by atoms with Crippen molar-refractivity contribution in [3.63, 3.8) is 0 Å². The minimum Gasteiger partial charge on any atom is -0.432 e. The molecule has 4 heteroatoms. The van der Waals surface area contributed by atoms with Gasteiger partial charge >= 0.3 is 0 Å². The predicted octanol–water partition coefficient (Wildman–Crippen LogP) is 2.97. The average Bonchev–Trinajstić information content (AvgIpc) is 2.70. The fourth-order valence-electron chi connectivity index (χ4n) is 1.52. The largest absolute Gasteiger partial charge is 0.432 e. The quantitative estimate of drug-likeness (QED) is 0.789. The molecule has 1 aromatic heterocycles. The Morgan fingerprint density at radius 2 is 2.17 bits per heavy atom. The summed E-state index contributed by atoms with van der Waals surface area (Å²) in [5, 5.41) is 3.39. The van der Waals surface area contributed by atoms with Gasteiger partial charge < -0.3 is 14.6 Å². The number of nitrogens with one attached hydrogen (secondary N) is 1. The maximum atomic E-state index is 5.52. The second-order valence-electron chi connectivity index (χ2n) is 5.70. The Kier molecular flexibility index (Phi) is 4.96. The molecule has 0 unspecified atom stereocenters. The Morgan fingerprint density at radius 1 is 1.50 bits per heavy atom. The first kappa shape index (κ1) is 14.8. The molecule has 0 aliphatic carbocycles. The fraction of sp³-hybridized carbons (Fsp3) is 0.643. The maximum Gasteiger partial charge on any atom is 0.297 e. The van der Waals surface area contributed by atoms with Crippen LogP contribution in [0.15, 0.2) is 22.8 Å². The molecule has 18 heavy (non-hydrogen) atoms. The van der Waals surface area contributed by atoms with Crippen molar-refractivity contribution in [2.75, 3.05) is 18.0 Å². The van der Waals surface area contributed by atoms with Crippen molar-refractivity contribution in [3.8, 4) is 0 Å². The Morgan fingerprint density at radius 3 is 2.67 bits per heavy atom. The van der Waals surface area contributed by atoms with Gasteiger partial charge in [-0.25, -0.2) is 0 Å². The van der Waals surface area contributed by atoms with E-state index in [2.05, 4.69) is 49.5 Å². The minimum atomic E-state index is 0.0846. The van der Waals surface area contributed by atoms with E-state index >= 15 is 0 Å². The Balaban J connectivity index is 2.63. The molecule has 0 fully saturated rings. The van der Waals surface area contributed by atoms with Crippen LogP contribution >= 0.6 is 0 Å². The molecule has 0 aliphatic rings. The van der Waals surface area contributed by atoms with Gasteiger partial charge in [-0.05, 0) is 34.6 Å². The molecule has 0 atom stereocenters. The summed E-state index contributed by atoms with van der Waals surface area (Å²) >= 11 is 0. The molecule has 1 rings (SSSR count). The van der Waals surface area contributed by atoms with Gasteiger partial charge in [0, 0.05) is 25.2 Å². The summed E-state index contributed by atoms with van der Waals surface area (Å²) in [4.78, 5) is 6.57. The third-order valence-corrected chi connectivity index (χ3v) is 2.45. The third-order valence-electron chi connectivity index (χ3n) is 2.45. The zero-order valence-corrected chi connectivity index (χ0v) is 12.2. The van der Waals surface area contributed by atoms with E-state index in [4.69, 9.17) is 4.42 Å². The number of likely N-dealkylation sites (N-methyl/N-ethyl adjacent to an activating group) is 1. The third kappa shape index (κ3) is 4.92. The Labute approximate surface area is 110 Å². The summed E-state index contributed by atoms with van der Waals surface area (Å²) in [5.41, 5.74) is 2.12. The smallest absolute Gasteiger partial charge is 0.297 e. The van der Waals surface area contributed by atoms with Gasteiger partial charge in [-0.2, -0.15) is 4.98 Å². The number of rotatable bonds is 6. The van der Waals surface area contributed by atoms with Gasteiger partial charge in [0.05, 0.1) is 5.69 Å².